The first kappa shape index (κ1) is 23.1. The second kappa shape index (κ2) is 8.36. The van der Waals surface area contributed by atoms with Crippen LogP contribution in [0.15, 0.2) is 24.5 Å². The molecule has 1 saturated carbocycles. The predicted octanol–water partition coefficient (Wildman–Crippen LogP) is 4.45. The quantitative estimate of drug-likeness (QED) is 0.525. The third-order valence-electron chi connectivity index (χ3n) is 7.05. The van der Waals surface area contributed by atoms with Crippen LogP contribution in [-0.4, -0.2) is 76.3 Å². The van der Waals surface area contributed by atoms with Gasteiger partial charge in [-0.05, 0) is 25.0 Å². The summed E-state index contributed by atoms with van der Waals surface area (Å²) in [6.07, 6.45) is -1.63. The van der Waals surface area contributed by atoms with Crippen molar-refractivity contribution in [1.82, 2.24) is 24.6 Å². The van der Waals surface area contributed by atoms with E-state index in [9.17, 15) is 13.2 Å². The van der Waals surface area contributed by atoms with Crippen molar-refractivity contribution < 1.29 is 17.9 Å². The summed E-state index contributed by atoms with van der Waals surface area (Å²) in [6, 6.07) is 4.25. The zero-order valence-electron chi connectivity index (χ0n) is 18.5. The van der Waals surface area contributed by atoms with Crippen molar-refractivity contribution in [1.29, 1.82) is 0 Å². The number of nitrogens with one attached hydrogen (secondary N) is 1. The smallest absolute Gasteiger partial charge is 0.378 e. The third-order valence-corrected chi connectivity index (χ3v) is 7.72. The molecule has 0 unspecified atom stereocenters. The van der Waals surface area contributed by atoms with Gasteiger partial charge in [0.1, 0.15) is 0 Å². The summed E-state index contributed by atoms with van der Waals surface area (Å²) >= 11 is 12.9. The molecule has 2 aliphatic heterocycles. The molecule has 2 aromatic heterocycles. The molecule has 3 fully saturated rings. The Kier molecular flexibility index (Phi) is 5.51. The van der Waals surface area contributed by atoms with Crippen LogP contribution in [-0.2, 0) is 10.3 Å². The van der Waals surface area contributed by atoms with Crippen LogP contribution >= 0.6 is 23.2 Å². The van der Waals surface area contributed by atoms with Crippen molar-refractivity contribution in [2.24, 2.45) is 0 Å². The van der Waals surface area contributed by atoms with Crippen LogP contribution in [0.2, 0.25) is 10.2 Å². The van der Waals surface area contributed by atoms with Gasteiger partial charge in [0.05, 0.1) is 47.4 Å². The SMILES string of the molecule is FC(F)(F)C1(n2ncc(Nc3ncc4cc(Cl)c(N5CCN(C6COC6)CC5)cc4n3)c2Cl)CC1. The molecule has 0 spiro atoms. The lowest BCUT2D eigenvalue weighted by Crippen LogP contribution is -2.56. The Bertz CT molecular complexity index is 1270. The number of benzene rings is 1. The maximum atomic E-state index is 13.5. The van der Waals surface area contributed by atoms with Gasteiger partial charge in [-0.2, -0.15) is 18.3 Å². The van der Waals surface area contributed by atoms with E-state index >= 15 is 0 Å². The van der Waals surface area contributed by atoms with Gasteiger partial charge in [0.2, 0.25) is 5.95 Å². The molecule has 8 nitrogen and oxygen atoms in total. The fourth-order valence-electron chi connectivity index (χ4n) is 4.67. The average molecular weight is 528 g/mol. The molecule has 13 heteroatoms. The van der Waals surface area contributed by atoms with Crippen LogP contribution < -0.4 is 10.2 Å². The standard InChI is InChI=1S/C22H22Cl2F3N7O/c23-15-7-13-9-28-20(31-17-10-29-34(19(17)24)21(1-2-21)22(25,26)27)30-16(13)8-18(15)33-5-3-32(4-6-33)14-11-35-12-14/h7-10,14H,1-6,11-12H2,(H,28,30,31). The van der Waals surface area contributed by atoms with E-state index < -0.39 is 11.7 Å². The van der Waals surface area contributed by atoms with Gasteiger partial charge in [-0.3, -0.25) is 4.90 Å². The zero-order chi connectivity index (χ0) is 24.4. The van der Waals surface area contributed by atoms with Crippen LogP contribution in [0, 0.1) is 0 Å². The fourth-order valence-corrected chi connectivity index (χ4v) is 5.27. The Labute approximate surface area is 208 Å². The van der Waals surface area contributed by atoms with Crippen molar-refractivity contribution in [2.75, 3.05) is 49.6 Å². The minimum Gasteiger partial charge on any atom is -0.378 e. The van der Waals surface area contributed by atoms with E-state index in [4.69, 9.17) is 27.9 Å². The molecule has 6 rings (SSSR count). The summed E-state index contributed by atoms with van der Waals surface area (Å²) in [5, 5.41) is 8.06. The van der Waals surface area contributed by atoms with Crippen LogP contribution in [0.3, 0.4) is 0 Å². The molecule has 2 saturated heterocycles. The van der Waals surface area contributed by atoms with E-state index in [0.717, 1.165) is 55.1 Å². The topological polar surface area (TPSA) is 71.3 Å². The molecule has 0 bridgehead atoms. The summed E-state index contributed by atoms with van der Waals surface area (Å²) in [7, 11) is 0. The van der Waals surface area contributed by atoms with Crippen molar-refractivity contribution in [3.63, 3.8) is 0 Å². The number of fused-ring (bicyclic) bond motifs is 1. The normalized spacial score (nSPS) is 20.8. The Hall–Kier alpha value is -2.34. The summed E-state index contributed by atoms with van der Waals surface area (Å²) in [4.78, 5) is 13.5. The van der Waals surface area contributed by atoms with E-state index in [1.807, 2.05) is 12.1 Å². The van der Waals surface area contributed by atoms with E-state index in [1.54, 1.807) is 6.20 Å². The minimum absolute atomic E-state index is 0.0456. The second-order valence-electron chi connectivity index (χ2n) is 9.19. The van der Waals surface area contributed by atoms with E-state index in [-0.39, 0.29) is 29.6 Å². The third kappa shape index (κ3) is 3.98. The van der Waals surface area contributed by atoms with Gasteiger partial charge in [-0.15, -0.1) is 0 Å². The van der Waals surface area contributed by atoms with Crippen LogP contribution in [0.5, 0.6) is 0 Å². The molecular formula is C22H22Cl2F3N7O. The van der Waals surface area contributed by atoms with E-state index in [0.29, 0.717) is 16.6 Å². The molecule has 3 aliphatic rings. The van der Waals surface area contributed by atoms with Crippen molar-refractivity contribution in [3.05, 3.63) is 34.7 Å². The number of nitrogens with zero attached hydrogens (tertiary/aromatic N) is 6. The molecular weight excluding hydrogens is 506 g/mol. The molecule has 0 radical (unpaired) electrons. The minimum atomic E-state index is -4.42. The van der Waals surface area contributed by atoms with Crippen LogP contribution in [0.4, 0.5) is 30.5 Å². The molecule has 35 heavy (non-hydrogen) atoms. The van der Waals surface area contributed by atoms with Gasteiger partial charge in [-0.25, -0.2) is 14.6 Å². The number of halogens is 5. The first-order chi connectivity index (χ1) is 16.7. The first-order valence-electron chi connectivity index (χ1n) is 11.4. The maximum Gasteiger partial charge on any atom is 0.413 e. The first-order valence-corrected chi connectivity index (χ1v) is 12.1. The van der Waals surface area contributed by atoms with Gasteiger partial charge in [0.15, 0.2) is 10.7 Å². The van der Waals surface area contributed by atoms with Gasteiger partial charge in [-0.1, -0.05) is 23.2 Å². The summed E-state index contributed by atoms with van der Waals surface area (Å²) in [6.45, 7) is 5.14. The van der Waals surface area contributed by atoms with Gasteiger partial charge in [0, 0.05) is 37.8 Å². The fraction of sp³-hybridized carbons (Fsp3) is 0.500. The number of hydrogen-bond acceptors (Lipinski definition) is 7. The van der Waals surface area contributed by atoms with Crippen LogP contribution in [0.1, 0.15) is 12.8 Å². The highest BCUT2D eigenvalue weighted by Gasteiger charge is 2.66. The molecule has 0 amide bonds. The average Bonchev–Trinajstić information content (AvgIpc) is 3.53. The number of alkyl halides is 3. The Morgan fingerprint density at radius 2 is 1.80 bits per heavy atom. The van der Waals surface area contributed by atoms with E-state index in [2.05, 4.69) is 30.2 Å². The Morgan fingerprint density at radius 3 is 2.43 bits per heavy atom. The molecule has 3 aromatic rings. The van der Waals surface area contributed by atoms with Crippen molar-refractivity contribution in [3.8, 4) is 0 Å². The molecule has 1 aliphatic carbocycles. The summed E-state index contributed by atoms with van der Waals surface area (Å²) < 4.78 is 46.6. The molecule has 1 N–H and O–H groups in total. The lowest BCUT2D eigenvalue weighted by Gasteiger charge is -2.43. The Morgan fingerprint density at radius 1 is 1.06 bits per heavy atom. The lowest BCUT2D eigenvalue weighted by molar-refractivity contribution is -0.182. The predicted molar refractivity (Wildman–Crippen MR) is 127 cm³/mol. The molecule has 0 atom stereocenters. The number of aromatic nitrogens is 4. The van der Waals surface area contributed by atoms with E-state index in [1.165, 1.54) is 6.20 Å². The highest BCUT2D eigenvalue weighted by molar-refractivity contribution is 6.34. The molecule has 186 valence electrons. The largest absolute Gasteiger partial charge is 0.413 e. The van der Waals surface area contributed by atoms with Gasteiger partial charge >= 0.3 is 6.18 Å². The zero-order valence-corrected chi connectivity index (χ0v) is 20.0. The lowest BCUT2D eigenvalue weighted by atomic mass is 10.1. The summed E-state index contributed by atoms with van der Waals surface area (Å²) in [5.41, 5.74) is -0.267. The summed E-state index contributed by atoms with van der Waals surface area (Å²) in [5.74, 6) is 0.207. The highest BCUT2D eigenvalue weighted by Crippen LogP contribution is 2.56. The molecule has 4 heterocycles. The Balaban J connectivity index is 1.23. The number of hydrogen-bond donors (Lipinski definition) is 1. The maximum absolute atomic E-state index is 13.5. The molecule has 1 aromatic carbocycles. The number of ether oxygens (including phenoxy) is 1. The second-order valence-corrected chi connectivity index (χ2v) is 9.95. The number of anilines is 3. The van der Waals surface area contributed by atoms with Gasteiger partial charge < -0.3 is 15.0 Å². The van der Waals surface area contributed by atoms with Crippen LogP contribution in [0.25, 0.3) is 10.9 Å². The monoisotopic (exact) mass is 527 g/mol. The van der Waals surface area contributed by atoms with Crippen molar-refractivity contribution in [2.45, 2.75) is 30.6 Å². The number of piperazine rings is 1. The van der Waals surface area contributed by atoms with Crippen molar-refractivity contribution >= 4 is 51.4 Å². The van der Waals surface area contributed by atoms with Gasteiger partial charge in [0.25, 0.3) is 0 Å². The highest BCUT2D eigenvalue weighted by atomic mass is 35.5. The number of rotatable bonds is 5.